The van der Waals surface area contributed by atoms with Crippen molar-refractivity contribution >= 4 is 17.2 Å². The summed E-state index contributed by atoms with van der Waals surface area (Å²) in [5, 5.41) is 3.13. The molecule has 0 N–H and O–H groups in total. The Kier molecular flexibility index (Phi) is 6.30. The van der Waals surface area contributed by atoms with Crippen LogP contribution in [0.25, 0.3) is 10.6 Å². The van der Waals surface area contributed by atoms with Crippen molar-refractivity contribution < 1.29 is 14.3 Å². The molecule has 2 heterocycles. The predicted octanol–water partition coefficient (Wildman–Crippen LogP) is 3.79. The number of carbonyl (C=O) groups is 1. The molecular formula is C23H25N3O3S. The molecule has 1 aliphatic rings. The van der Waals surface area contributed by atoms with Crippen LogP contribution in [0.2, 0.25) is 0 Å². The Bertz CT molecular complexity index is 978. The third-order valence-electron chi connectivity index (χ3n) is 5.27. The quantitative estimate of drug-likeness (QED) is 0.604. The molecule has 0 radical (unpaired) electrons. The van der Waals surface area contributed by atoms with Crippen LogP contribution in [0.4, 0.5) is 0 Å². The van der Waals surface area contributed by atoms with Crippen LogP contribution in [0, 0.1) is 0 Å². The number of amides is 1. The van der Waals surface area contributed by atoms with Crippen molar-refractivity contribution in [3.8, 4) is 22.1 Å². The van der Waals surface area contributed by atoms with Crippen LogP contribution in [0.15, 0.2) is 53.9 Å². The maximum absolute atomic E-state index is 12.7. The van der Waals surface area contributed by atoms with Gasteiger partial charge in [0.15, 0.2) is 0 Å². The fraction of sp³-hybridized carbons (Fsp3) is 0.304. The minimum Gasteiger partial charge on any atom is -0.497 e. The Morgan fingerprint density at radius 3 is 2.13 bits per heavy atom. The van der Waals surface area contributed by atoms with E-state index < -0.39 is 0 Å². The fourth-order valence-electron chi connectivity index (χ4n) is 3.50. The van der Waals surface area contributed by atoms with Crippen molar-refractivity contribution in [2.75, 3.05) is 40.4 Å². The maximum Gasteiger partial charge on any atom is 0.253 e. The van der Waals surface area contributed by atoms with Crippen LogP contribution < -0.4 is 9.47 Å². The van der Waals surface area contributed by atoms with Crippen molar-refractivity contribution in [2.24, 2.45) is 0 Å². The molecule has 156 valence electrons. The smallest absolute Gasteiger partial charge is 0.253 e. The number of nitrogens with zero attached hydrogens (tertiary/aromatic N) is 3. The van der Waals surface area contributed by atoms with Gasteiger partial charge in [-0.2, -0.15) is 0 Å². The molecule has 1 aromatic heterocycles. The van der Waals surface area contributed by atoms with Gasteiger partial charge in [0.05, 0.1) is 19.9 Å². The number of rotatable bonds is 6. The van der Waals surface area contributed by atoms with Gasteiger partial charge >= 0.3 is 0 Å². The zero-order chi connectivity index (χ0) is 20.9. The minimum atomic E-state index is 0.0766. The van der Waals surface area contributed by atoms with Gasteiger partial charge in [0.25, 0.3) is 5.91 Å². The average molecular weight is 424 g/mol. The summed E-state index contributed by atoms with van der Waals surface area (Å²) >= 11 is 1.66. The SMILES string of the molecule is COc1ccc(C(=O)N2CCN(Cc3csc(-c4ccc(OC)cc4)n3)CC2)cc1. The first-order valence-electron chi connectivity index (χ1n) is 9.91. The third kappa shape index (κ3) is 4.63. The van der Waals surface area contributed by atoms with Crippen LogP contribution >= 0.6 is 11.3 Å². The molecule has 7 heteroatoms. The molecule has 1 fully saturated rings. The van der Waals surface area contributed by atoms with E-state index in [1.165, 1.54) is 0 Å². The Labute approximate surface area is 180 Å². The highest BCUT2D eigenvalue weighted by Crippen LogP contribution is 2.26. The third-order valence-corrected chi connectivity index (χ3v) is 6.21. The molecular weight excluding hydrogens is 398 g/mol. The number of thiazole rings is 1. The predicted molar refractivity (Wildman–Crippen MR) is 118 cm³/mol. The Morgan fingerprint density at radius 1 is 0.933 bits per heavy atom. The van der Waals surface area contributed by atoms with Crippen molar-refractivity contribution in [3.63, 3.8) is 0 Å². The van der Waals surface area contributed by atoms with Crippen LogP contribution in [0.3, 0.4) is 0 Å². The first-order chi connectivity index (χ1) is 14.7. The first kappa shape index (κ1) is 20.4. The second-order valence-corrected chi connectivity index (χ2v) is 8.03. The van der Waals surface area contributed by atoms with Gasteiger partial charge in [-0.05, 0) is 48.5 Å². The molecule has 0 bridgehead atoms. The standard InChI is InChI=1S/C23H25N3O3S/c1-28-20-7-3-17(4-8-20)22-24-19(16-30-22)15-25-11-13-26(14-12-25)23(27)18-5-9-21(29-2)10-6-18/h3-10,16H,11-15H2,1-2H3. The van der Waals surface area contributed by atoms with Crippen molar-refractivity contribution in [3.05, 3.63) is 65.2 Å². The number of aromatic nitrogens is 1. The summed E-state index contributed by atoms with van der Waals surface area (Å²) in [5.74, 6) is 1.68. The summed E-state index contributed by atoms with van der Waals surface area (Å²) in [6.45, 7) is 3.94. The van der Waals surface area contributed by atoms with Crippen molar-refractivity contribution in [1.82, 2.24) is 14.8 Å². The molecule has 0 atom stereocenters. The number of methoxy groups -OCH3 is 2. The molecule has 2 aromatic carbocycles. The fourth-order valence-corrected chi connectivity index (χ4v) is 4.32. The van der Waals surface area contributed by atoms with Gasteiger partial charge in [-0.3, -0.25) is 9.69 Å². The highest BCUT2D eigenvalue weighted by Gasteiger charge is 2.22. The van der Waals surface area contributed by atoms with Crippen LogP contribution in [0.5, 0.6) is 11.5 Å². The van der Waals surface area contributed by atoms with Crippen molar-refractivity contribution in [1.29, 1.82) is 0 Å². The number of ether oxygens (including phenoxy) is 2. The molecule has 1 aliphatic heterocycles. The molecule has 0 saturated carbocycles. The lowest BCUT2D eigenvalue weighted by atomic mass is 10.1. The van der Waals surface area contributed by atoms with E-state index in [0.29, 0.717) is 5.56 Å². The summed E-state index contributed by atoms with van der Waals surface area (Å²) in [4.78, 5) is 21.8. The number of piperazine rings is 1. The Hall–Kier alpha value is -2.90. The van der Waals surface area contributed by atoms with E-state index in [-0.39, 0.29) is 5.91 Å². The van der Waals surface area contributed by atoms with Gasteiger partial charge in [-0.25, -0.2) is 4.98 Å². The molecule has 0 aliphatic carbocycles. The van der Waals surface area contributed by atoms with Gasteiger partial charge in [0, 0.05) is 49.2 Å². The molecule has 30 heavy (non-hydrogen) atoms. The minimum absolute atomic E-state index is 0.0766. The monoisotopic (exact) mass is 423 g/mol. The molecule has 4 rings (SSSR count). The zero-order valence-electron chi connectivity index (χ0n) is 17.2. The molecule has 3 aromatic rings. The normalized spacial score (nSPS) is 14.5. The number of carbonyl (C=O) groups excluding carboxylic acids is 1. The summed E-state index contributed by atoms with van der Waals surface area (Å²) in [6.07, 6.45) is 0. The van der Waals surface area contributed by atoms with Crippen molar-refractivity contribution in [2.45, 2.75) is 6.54 Å². The molecule has 0 spiro atoms. The van der Waals surface area contributed by atoms with E-state index in [0.717, 1.165) is 60.5 Å². The highest BCUT2D eigenvalue weighted by molar-refractivity contribution is 7.13. The van der Waals surface area contributed by atoms with Gasteiger partial charge in [0.1, 0.15) is 16.5 Å². The lowest BCUT2D eigenvalue weighted by molar-refractivity contribution is 0.0627. The summed E-state index contributed by atoms with van der Waals surface area (Å²) in [6, 6.07) is 15.3. The highest BCUT2D eigenvalue weighted by atomic mass is 32.1. The maximum atomic E-state index is 12.7. The van der Waals surface area contributed by atoms with Gasteiger partial charge in [-0.1, -0.05) is 0 Å². The molecule has 1 amide bonds. The van der Waals surface area contributed by atoms with E-state index in [2.05, 4.69) is 10.3 Å². The van der Waals surface area contributed by atoms with E-state index in [1.54, 1.807) is 25.6 Å². The molecule has 1 saturated heterocycles. The van der Waals surface area contributed by atoms with Crippen LogP contribution in [-0.2, 0) is 6.54 Å². The van der Waals surface area contributed by atoms with Crippen LogP contribution in [-0.4, -0.2) is 61.1 Å². The van der Waals surface area contributed by atoms with Gasteiger partial charge in [-0.15, -0.1) is 11.3 Å². The van der Waals surface area contributed by atoms with Gasteiger partial charge < -0.3 is 14.4 Å². The summed E-state index contributed by atoms with van der Waals surface area (Å²) in [5.41, 5.74) is 2.87. The zero-order valence-corrected chi connectivity index (χ0v) is 18.0. The topological polar surface area (TPSA) is 54.9 Å². The van der Waals surface area contributed by atoms with E-state index >= 15 is 0 Å². The average Bonchev–Trinajstić information content (AvgIpc) is 3.27. The van der Waals surface area contributed by atoms with E-state index in [9.17, 15) is 4.79 Å². The molecule has 0 unspecified atom stereocenters. The lowest BCUT2D eigenvalue weighted by Gasteiger charge is -2.34. The lowest BCUT2D eigenvalue weighted by Crippen LogP contribution is -2.48. The number of hydrogen-bond donors (Lipinski definition) is 0. The largest absolute Gasteiger partial charge is 0.497 e. The van der Waals surface area contributed by atoms with Crippen LogP contribution in [0.1, 0.15) is 16.1 Å². The first-order valence-corrected chi connectivity index (χ1v) is 10.8. The van der Waals surface area contributed by atoms with E-state index in [4.69, 9.17) is 14.5 Å². The van der Waals surface area contributed by atoms with E-state index in [1.807, 2.05) is 53.4 Å². The van der Waals surface area contributed by atoms with Gasteiger partial charge in [0.2, 0.25) is 0 Å². The summed E-state index contributed by atoms with van der Waals surface area (Å²) in [7, 11) is 3.29. The Morgan fingerprint density at radius 2 is 1.53 bits per heavy atom. The Balaban J connectivity index is 1.31. The number of hydrogen-bond acceptors (Lipinski definition) is 6. The second-order valence-electron chi connectivity index (χ2n) is 7.17. The second kappa shape index (κ2) is 9.28. The summed E-state index contributed by atoms with van der Waals surface area (Å²) < 4.78 is 10.4. The molecule has 6 nitrogen and oxygen atoms in total. The number of benzene rings is 2.